The number of nitrogens with one attached hydrogen (secondary N) is 1. The number of halogens is 5. The second kappa shape index (κ2) is 6.70. The molecule has 2 N–H and O–H groups in total. The molecule has 6 nitrogen and oxygen atoms in total. The Balaban J connectivity index is 2.39. The van der Waals surface area contributed by atoms with Crippen molar-refractivity contribution < 1.29 is 27.8 Å². The van der Waals surface area contributed by atoms with Crippen molar-refractivity contribution in [2.24, 2.45) is 0 Å². The van der Waals surface area contributed by atoms with Gasteiger partial charge in [0.1, 0.15) is 16.5 Å². The van der Waals surface area contributed by atoms with Gasteiger partial charge in [0.05, 0.1) is 23.4 Å². The second-order valence-electron chi connectivity index (χ2n) is 4.36. The molecule has 0 aliphatic heterocycles. The number of rotatable bonds is 4. The molecule has 24 heavy (non-hydrogen) atoms. The van der Waals surface area contributed by atoms with E-state index in [-0.39, 0.29) is 28.0 Å². The molecule has 0 radical (unpaired) electrons. The average molecular weight is 382 g/mol. The quantitative estimate of drug-likeness (QED) is 0.770. The highest BCUT2D eigenvalue weighted by Crippen LogP contribution is 2.35. The highest BCUT2D eigenvalue weighted by Gasteiger charge is 2.34. The summed E-state index contributed by atoms with van der Waals surface area (Å²) in [5.74, 6) is -1.43. The van der Waals surface area contributed by atoms with E-state index in [1.165, 1.54) is 13.2 Å². The number of benzene rings is 1. The standard InChI is InChI=1S/C13H8Cl2F3N3O3/c1-24-9-2-5(11(22)23)7(14)3-8(9)20-12-19-4-6(10(15)21-12)13(16,17)18/h2-4H,1H3,(H,22,23)(H,19,20,21). The van der Waals surface area contributed by atoms with Gasteiger partial charge in [-0.15, -0.1) is 0 Å². The lowest BCUT2D eigenvalue weighted by atomic mass is 10.2. The van der Waals surface area contributed by atoms with E-state index in [2.05, 4.69) is 15.3 Å². The molecule has 0 saturated carbocycles. The summed E-state index contributed by atoms with van der Waals surface area (Å²) in [7, 11) is 1.28. The summed E-state index contributed by atoms with van der Waals surface area (Å²) >= 11 is 11.3. The molecule has 2 rings (SSSR count). The lowest BCUT2D eigenvalue weighted by Crippen LogP contribution is -2.09. The first-order chi connectivity index (χ1) is 11.1. The van der Waals surface area contributed by atoms with Crippen molar-refractivity contribution in [3.8, 4) is 5.75 Å². The number of carboxylic acids is 1. The highest BCUT2D eigenvalue weighted by atomic mass is 35.5. The van der Waals surface area contributed by atoms with Gasteiger partial charge in [0.25, 0.3) is 0 Å². The zero-order valence-electron chi connectivity index (χ0n) is 11.8. The zero-order valence-corrected chi connectivity index (χ0v) is 13.3. The van der Waals surface area contributed by atoms with Crippen LogP contribution < -0.4 is 10.1 Å². The van der Waals surface area contributed by atoms with E-state index in [0.29, 0.717) is 6.20 Å². The van der Waals surface area contributed by atoms with E-state index in [4.69, 9.17) is 33.0 Å². The summed E-state index contributed by atoms with van der Waals surface area (Å²) in [6.07, 6.45) is -4.16. The third kappa shape index (κ3) is 3.80. The minimum atomic E-state index is -4.68. The van der Waals surface area contributed by atoms with E-state index in [1.807, 2.05) is 0 Å². The van der Waals surface area contributed by atoms with Crippen molar-refractivity contribution in [2.45, 2.75) is 6.18 Å². The summed E-state index contributed by atoms with van der Waals surface area (Å²) in [6, 6.07) is 2.37. The molecule has 0 saturated heterocycles. The molecule has 0 aliphatic rings. The Morgan fingerprint density at radius 1 is 1.33 bits per heavy atom. The van der Waals surface area contributed by atoms with Gasteiger partial charge in [0, 0.05) is 6.20 Å². The molecule has 0 aliphatic carbocycles. The number of alkyl halides is 3. The number of nitrogens with zero attached hydrogens (tertiary/aromatic N) is 2. The first kappa shape index (κ1) is 18.1. The predicted molar refractivity (Wildman–Crippen MR) is 80.3 cm³/mol. The smallest absolute Gasteiger partial charge is 0.420 e. The highest BCUT2D eigenvalue weighted by molar-refractivity contribution is 6.34. The van der Waals surface area contributed by atoms with Crippen molar-refractivity contribution >= 4 is 40.8 Å². The van der Waals surface area contributed by atoms with Crippen molar-refractivity contribution in [3.05, 3.63) is 39.6 Å². The first-order valence-corrected chi connectivity index (χ1v) is 6.86. The summed E-state index contributed by atoms with van der Waals surface area (Å²) < 4.78 is 42.9. The molecule has 1 aromatic heterocycles. The van der Waals surface area contributed by atoms with Crippen LogP contribution in [0.25, 0.3) is 0 Å². The van der Waals surface area contributed by atoms with Gasteiger partial charge < -0.3 is 15.2 Å². The minimum Gasteiger partial charge on any atom is -0.495 e. The van der Waals surface area contributed by atoms with Crippen LogP contribution in [0.3, 0.4) is 0 Å². The number of carboxylic acid groups (broad SMARTS) is 1. The lowest BCUT2D eigenvalue weighted by Gasteiger charge is -2.13. The minimum absolute atomic E-state index is 0.0800. The van der Waals surface area contributed by atoms with E-state index >= 15 is 0 Å². The maximum absolute atomic E-state index is 12.6. The first-order valence-electron chi connectivity index (χ1n) is 6.11. The molecule has 1 aromatic carbocycles. The Kier molecular flexibility index (Phi) is 5.05. The molecule has 0 bridgehead atoms. The molecule has 1 heterocycles. The summed E-state index contributed by atoms with van der Waals surface area (Å²) in [6.45, 7) is 0. The van der Waals surface area contributed by atoms with Crippen LogP contribution in [0.2, 0.25) is 10.2 Å². The second-order valence-corrected chi connectivity index (χ2v) is 5.12. The van der Waals surface area contributed by atoms with Crippen LogP contribution >= 0.6 is 23.2 Å². The summed E-state index contributed by atoms with van der Waals surface area (Å²) in [5.41, 5.74) is -1.23. The zero-order chi connectivity index (χ0) is 18.1. The van der Waals surface area contributed by atoms with Gasteiger partial charge in [0.15, 0.2) is 0 Å². The van der Waals surface area contributed by atoms with Crippen LogP contribution in [0.5, 0.6) is 5.75 Å². The number of hydrogen-bond acceptors (Lipinski definition) is 5. The number of hydrogen-bond donors (Lipinski definition) is 2. The van der Waals surface area contributed by atoms with E-state index < -0.39 is 22.9 Å². The fourth-order valence-electron chi connectivity index (χ4n) is 1.72. The van der Waals surface area contributed by atoms with Crippen LogP contribution in [0.4, 0.5) is 24.8 Å². The number of aromatic nitrogens is 2. The van der Waals surface area contributed by atoms with Gasteiger partial charge in [-0.1, -0.05) is 23.2 Å². The largest absolute Gasteiger partial charge is 0.495 e. The van der Waals surface area contributed by atoms with E-state index in [0.717, 1.165) is 6.07 Å². The molecule has 11 heteroatoms. The molecule has 0 fully saturated rings. The van der Waals surface area contributed by atoms with Crippen LogP contribution in [0.1, 0.15) is 15.9 Å². The monoisotopic (exact) mass is 381 g/mol. The average Bonchev–Trinajstić information content (AvgIpc) is 2.45. The SMILES string of the molecule is COc1cc(C(=O)O)c(Cl)cc1Nc1ncc(C(F)(F)F)c(Cl)n1. The van der Waals surface area contributed by atoms with Crippen molar-refractivity contribution in [1.82, 2.24) is 9.97 Å². The lowest BCUT2D eigenvalue weighted by molar-refractivity contribution is -0.137. The Morgan fingerprint density at radius 2 is 2.00 bits per heavy atom. The molecular weight excluding hydrogens is 374 g/mol. The fraction of sp³-hybridized carbons (Fsp3) is 0.154. The number of carbonyl (C=O) groups is 1. The molecule has 2 aromatic rings. The predicted octanol–water partition coefficient (Wildman–Crippen LogP) is 4.25. The maximum atomic E-state index is 12.6. The number of methoxy groups -OCH3 is 1. The molecule has 128 valence electrons. The third-order valence-electron chi connectivity index (χ3n) is 2.81. The van der Waals surface area contributed by atoms with Gasteiger partial charge in [0.2, 0.25) is 5.95 Å². The number of aromatic carboxylic acids is 1. The Hall–Kier alpha value is -2.26. The van der Waals surface area contributed by atoms with Crippen molar-refractivity contribution in [2.75, 3.05) is 12.4 Å². The van der Waals surface area contributed by atoms with Crippen molar-refractivity contribution in [3.63, 3.8) is 0 Å². The van der Waals surface area contributed by atoms with Gasteiger partial charge in [-0.3, -0.25) is 0 Å². The Bertz CT molecular complexity index is 800. The van der Waals surface area contributed by atoms with E-state index in [1.54, 1.807) is 0 Å². The third-order valence-corrected chi connectivity index (χ3v) is 3.41. The van der Waals surface area contributed by atoms with Crippen LogP contribution in [0.15, 0.2) is 18.3 Å². The Morgan fingerprint density at radius 3 is 2.50 bits per heavy atom. The molecule has 0 amide bonds. The Labute approximate surface area is 143 Å². The molecule has 0 atom stereocenters. The van der Waals surface area contributed by atoms with Gasteiger partial charge in [-0.05, 0) is 12.1 Å². The topological polar surface area (TPSA) is 84.3 Å². The number of ether oxygens (including phenoxy) is 1. The van der Waals surface area contributed by atoms with Crippen LogP contribution in [-0.4, -0.2) is 28.2 Å². The maximum Gasteiger partial charge on any atom is 0.420 e. The van der Waals surface area contributed by atoms with Gasteiger partial charge in [-0.2, -0.15) is 13.2 Å². The molecular formula is C13H8Cl2F3N3O3. The molecule has 0 spiro atoms. The van der Waals surface area contributed by atoms with Gasteiger partial charge >= 0.3 is 12.1 Å². The molecule has 0 unspecified atom stereocenters. The summed E-state index contributed by atoms with van der Waals surface area (Å²) in [4.78, 5) is 18.1. The number of anilines is 2. The van der Waals surface area contributed by atoms with E-state index in [9.17, 15) is 18.0 Å². The fourth-order valence-corrected chi connectivity index (χ4v) is 2.20. The van der Waals surface area contributed by atoms with Crippen LogP contribution in [0, 0.1) is 0 Å². The normalized spacial score (nSPS) is 11.2. The van der Waals surface area contributed by atoms with Crippen molar-refractivity contribution in [1.29, 1.82) is 0 Å². The van der Waals surface area contributed by atoms with Crippen LogP contribution in [-0.2, 0) is 6.18 Å². The summed E-state index contributed by atoms with van der Waals surface area (Å²) in [5, 5.41) is 10.7. The van der Waals surface area contributed by atoms with Gasteiger partial charge in [-0.25, -0.2) is 14.8 Å².